The lowest BCUT2D eigenvalue weighted by molar-refractivity contribution is -0.120. The largest absolute Gasteiger partial charge is 0.494 e. The molecule has 17 heavy (non-hydrogen) atoms. The molecular weight excluding hydrogens is 223 g/mol. The van der Waals surface area contributed by atoms with Gasteiger partial charge in [-0.25, -0.2) is 4.39 Å². The Bertz CT molecular complexity index is 437. The van der Waals surface area contributed by atoms with Crippen LogP contribution >= 0.6 is 0 Å². The number of hydrogen-bond donors (Lipinski definition) is 1. The molecule has 92 valence electrons. The summed E-state index contributed by atoms with van der Waals surface area (Å²) in [5.41, 5.74) is 6.34. The lowest BCUT2D eigenvalue weighted by Gasteiger charge is -2.30. The quantitative estimate of drug-likeness (QED) is 0.844. The van der Waals surface area contributed by atoms with Crippen molar-refractivity contribution in [3.63, 3.8) is 0 Å². The van der Waals surface area contributed by atoms with Gasteiger partial charge < -0.3 is 15.4 Å². The highest BCUT2D eigenvalue weighted by Gasteiger charge is 2.27. The molecule has 0 saturated carbocycles. The van der Waals surface area contributed by atoms with Crippen LogP contribution in [0.2, 0.25) is 0 Å². The minimum Gasteiger partial charge on any atom is -0.494 e. The SMILES string of the molecule is COc1cc(N2CCCC(N)C2=O)ccc1F. The Balaban J connectivity index is 2.30. The number of piperidine rings is 1. The average Bonchev–Trinajstić information content (AvgIpc) is 2.34. The Morgan fingerprint density at radius 2 is 2.29 bits per heavy atom. The number of benzene rings is 1. The number of anilines is 1. The van der Waals surface area contributed by atoms with Crippen molar-refractivity contribution in [2.24, 2.45) is 5.73 Å². The van der Waals surface area contributed by atoms with Gasteiger partial charge in [-0.05, 0) is 25.0 Å². The highest BCUT2D eigenvalue weighted by Crippen LogP contribution is 2.26. The summed E-state index contributed by atoms with van der Waals surface area (Å²) in [7, 11) is 1.39. The number of amides is 1. The first-order valence-corrected chi connectivity index (χ1v) is 5.54. The molecule has 4 nitrogen and oxygen atoms in total. The number of rotatable bonds is 2. The molecule has 1 saturated heterocycles. The molecule has 2 rings (SSSR count). The van der Waals surface area contributed by atoms with Crippen molar-refractivity contribution in [2.75, 3.05) is 18.6 Å². The van der Waals surface area contributed by atoms with Gasteiger partial charge in [0.05, 0.1) is 13.2 Å². The number of nitrogens with zero attached hydrogens (tertiary/aromatic N) is 1. The van der Waals surface area contributed by atoms with Crippen molar-refractivity contribution in [2.45, 2.75) is 18.9 Å². The first-order chi connectivity index (χ1) is 8.13. The minimum absolute atomic E-state index is 0.120. The van der Waals surface area contributed by atoms with Gasteiger partial charge >= 0.3 is 0 Å². The van der Waals surface area contributed by atoms with Crippen LogP contribution in [0.15, 0.2) is 18.2 Å². The van der Waals surface area contributed by atoms with Gasteiger partial charge in [-0.2, -0.15) is 0 Å². The number of carbonyl (C=O) groups is 1. The molecule has 0 spiro atoms. The Kier molecular flexibility index (Phi) is 3.28. The van der Waals surface area contributed by atoms with E-state index >= 15 is 0 Å². The number of hydrogen-bond acceptors (Lipinski definition) is 3. The topological polar surface area (TPSA) is 55.6 Å². The van der Waals surface area contributed by atoms with Crippen molar-refractivity contribution in [1.29, 1.82) is 0 Å². The van der Waals surface area contributed by atoms with Crippen molar-refractivity contribution in [3.05, 3.63) is 24.0 Å². The van der Waals surface area contributed by atoms with Crippen LogP contribution in [0, 0.1) is 5.82 Å². The molecule has 1 fully saturated rings. The fraction of sp³-hybridized carbons (Fsp3) is 0.417. The van der Waals surface area contributed by atoms with Crippen LogP contribution in [0.1, 0.15) is 12.8 Å². The van der Waals surface area contributed by atoms with E-state index in [2.05, 4.69) is 0 Å². The predicted octanol–water partition coefficient (Wildman–Crippen LogP) is 1.29. The Labute approximate surface area is 99.2 Å². The summed E-state index contributed by atoms with van der Waals surface area (Å²) in [6.07, 6.45) is 1.56. The second kappa shape index (κ2) is 4.71. The van der Waals surface area contributed by atoms with Gasteiger partial charge in [0, 0.05) is 18.3 Å². The van der Waals surface area contributed by atoms with Crippen molar-refractivity contribution >= 4 is 11.6 Å². The lowest BCUT2D eigenvalue weighted by Crippen LogP contribution is -2.48. The van der Waals surface area contributed by atoms with E-state index in [1.54, 1.807) is 11.0 Å². The molecule has 1 aliphatic rings. The van der Waals surface area contributed by atoms with E-state index in [1.807, 2.05) is 0 Å². The maximum Gasteiger partial charge on any atom is 0.243 e. The van der Waals surface area contributed by atoms with E-state index < -0.39 is 11.9 Å². The number of ether oxygens (including phenoxy) is 1. The maximum atomic E-state index is 13.3. The average molecular weight is 238 g/mol. The van der Waals surface area contributed by atoms with Gasteiger partial charge in [-0.3, -0.25) is 4.79 Å². The Morgan fingerprint density at radius 1 is 1.53 bits per heavy atom. The van der Waals surface area contributed by atoms with Gasteiger partial charge in [0.1, 0.15) is 0 Å². The maximum absolute atomic E-state index is 13.3. The second-order valence-electron chi connectivity index (χ2n) is 4.06. The summed E-state index contributed by atoms with van der Waals surface area (Å²) in [5, 5.41) is 0. The van der Waals surface area contributed by atoms with Crippen LogP contribution in [0.3, 0.4) is 0 Å². The molecule has 1 heterocycles. The predicted molar refractivity (Wildman–Crippen MR) is 62.5 cm³/mol. The van der Waals surface area contributed by atoms with Crippen molar-refractivity contribution in [3.8, 4) is 5.75 Å². The van der Waals surface area contributed by atoms with Gasteiger partial charge in [0.15, 0.2) is 11.6 Å². The molecule has 2 N–H and O–H groups in total. The third kappa shape index (κ3) is 2.24. The summed E-state index contributed by atoms with van der Waals surface area (Å²) in [6.45, 7) is 0.612. The van der Waals surface area contributed by atoms with E-state index in [0.717, 1.165) is 6.42 Å². The Morgan fingerprint density at radius 3 is 3.00 bits per heavy atom. The fourth-order valence-corrected chi connectivity index (χ4v) is 1.98. The minimum atomic E-state index is -0.459. The Hall–Kier alpha value is -1.62. The van der Waals surface area contributed by atoms with Crippen LogP contribution in [0.5, 0.6) is 5.75 Å². The second-order valence-corrected chi connectivity index (χ2v) is 4.06. The van der Waals surface area contributed by atoms with Gasteiger partial charge in [0.2, 0.25) is 5.91 Å². The molecule has 0 aromatic heterocycles. The molecular formula is C12H15FN2O2. The molecule has 1 aromatic carbocycles. The third-order valence-corrected chi connectivity index (χ3v) is 2.93. The molecule has 1 amide bonds. The zero-order valence-corrected chi connectivity index (χ0v) is 9.65. The molecule has 0 radical (unpaired) electrons. The summed E-state index contributed by atoms with van der Waals surface area (Å²) < 4.78 is 18.2. The van der Waals surface area contributed by atoms with E-state index in [1.165, 1.54) is 19.2 Å². The van der Waals surface area contributed by atoms with E-state index in [-0.39, 0.29) is 11.7 Å². The normalized spacial score (nSPS) is 20.5. The monoisotopic (exact) mass is 238 g/mol. The molecule has 1 unspecified atom stereocenters. The van der Waals surface area contributed by atoms with Gasteiger partial charge in [-0.15, -0.1) is 0 Å². The van der Waals surface area contributed by atoms with Crippen LogP contribution in [-0.2, 0) is 4.79 Å². The number of carbonyl (C=O) groups excluding carboxylic acids is 1. The van der Waals surface area contributed by atoms with E-state index in [9.17, 15) is 9.18 Å². The standard InChI is InChI=1S/C12H15FN2O2/c1-17-11-7-8(4-5-9(11)13)15-6-2-3-10(14)12(15)16/h4-5,7,10H,2-3,6,14H2,1H3. The van der Waals surface area contributed by atoms with Crippen LogP contribution in [0.4, 0.5) is 10.1 Å². The summed E-state index contributed by atoms with van der Waals surface area (Å²) in [5.74, 6) is -0.427. The van der Waals surface area contributed by atoms with E-state index in [0.29, 0.717) is 18.7 Å². The highest BCUT2D eigenvalue weighted by molar-refractivity contribution is 5.97. The summed E-state index contributed by atoms with van der Waals surface area (Å²) in [6, 6.07) is 3.92. The fourth-order valence-electron chi connectivity index (χ4n) is 1.98. The van der Waals surface area contributed by atoms with E-state index in [4.69, 9.17) is 10.5 Å². The lowest BCUT2D eigenvalue weighted by atomic mass is 10.0. The molecule has 0 bridgehead atoms. The molecule has 1 aliphatic heterocycles. The van der Waals surface area contributed by atoms with Gasteiger partial charge in [-0.1, -0.05) is 0 Å². The smallest absolute Gasteiger partial charge is 0.243 e. The number of halogens is 1. The summed E-state index contributed by atoms with van der Waals surface area (Å²) >= 11 is 0. The first-order valence-electron chi connectivity index (χ1n) is 5.54. The van der Waals surface area contributed by atoms with Crippen LogP contribution in [0.25, 0.3) is 0 Å². The molecule has 1 aromatic rings. The number of methoxy groups -OCH3 is 1. The number of nitrogens with two attached hydrogens (primary N) is 1. The molecule has 1 atom stereocenters. The summed E-state index contributed by atoms with van der Waals surface area (Å²) in [4.78, 5) is 13.5. The zero-order valence-electron chi connectivity index (χ0n) is 9.65. The zero-order chi connectivity index (χ0) is 12.4. The first kappa shape index (κ1) is 11.9. The molecule has 0 aliphatic carbocycles. The van der Waals surface area contributed by atoms with Crippen molar-refractivity contribution < 1.29 is 13.9 Å². The highest BCUT2D eigenvalue weighted by atomic mass is 19.1. The van der Waals surface area contributed by atoms with Crippen LogP contribution in [-0.4, -0.2) is 25.6 Å². The third-order valence-electron chi connectivity index (χ3n) is 2.93. The van der Waals surface area contributed by atoms with Crippen LogP contribution < -0.4 is 15.4 Å². The molecule has 5 heteroatoms. The van der Waals surface area contributed by atoms with Crippen molar-refractivity contribution in [1.82, 2.24) is 0 Å². The van der Waals surface area contributed by atoms with Gasteiger partial charge in [0.25, 0.3) is 0 Å².